The van der Waals surface area contributed by atoms with Crippen molar-refractivity contribution in [3.63, 3.8) is 0 Å². The van der Waals surface area contributed by atoms with Gasteiger partial charge in [-0.05, 0) is 43.7 Å². The van der Waals surface area contributed by atoms with Gasteiger partial charge in [-0.25, -0.2) is 0 Å². The van der Waals surface area contributed by atoms with E-state index in [-0.39, 0.29) is 0 Å². The summed E-state index contributed by atoms with van der Waals surface area (Å²) in [5.41, 5.74) is 7.70. The Hall–Kier alpha value is -0.470. The summed E-state index contributed by atoms with van der Waals surface area (Å²) in [4.78, 5) is 1.41. The van der Waals surface area contributed by atoms with Gasteiger partial charge in [0, 0.05) is 16.2 Å². The molecule has 1 aliphatic rings. The smallest absolute Gasteiger partial charge is 0.0249 e. The van der Waals surface area contributed by atoms with E-state index in [1.807, 2.05) is 11.8 Å². The lowest BCUT2D eigenvalue weighted by molar-refractivity contribution is 0.317. The van der Waals surface area contributed by atoms with Gasteiger partial charge in [0.15, 0.2) is 0 Å². The molecule has 18 heavy (non-hydrogen) atoms. The highest BCUT2D eigenvalue weighted by atomic mass is 32.2. The zero-order valence-corrected chi connectivity index (χ0v) is 12.4. The number of hydrogen-bond acceptors (Lipinski definition) is 2. The van der Waals surface area contributed by atoms with Gasteiger partial charge in [-0.1, -0.05) is 38.0 Å². The van der Waals surface area contributed by atoms with E-state index in [4.69, 9.17) is 5.73 Å². The molecule has 0 spiro atoms. The standard InChI is InChI=1S/C16H25NS/c1-3-6-13-9-10-14(17)16(11-13)18-15-8-5-4-7-12(15)2/h4-5,7-8,13-14,16H,3,6,9-11,17H2,1-2H3. The summed E-state index contributed by atoms with van der Waals surface area (Å²) in [5, 5.41) is 0.608. The van der Waals surface area contributed by atoms with Gasteiger partial charge < -0.3 is 5.73 Å². The molecule has 0 aromatic heterocycles. The van der Waals surface area contributed by atoms with Gasteiger partial charge in [-0.15, -0.1) is 11.8 Å². The third kappa shape index (κ3) is 3.52. The van der Waals surface area contributed by atoms with Crippen LogP contribution in [0.5, 0.6) is 0 Å². The molecule has 3 atom stereocenters. The third-order valence-electron chi connectivity index (χ3n) is 4.02. The molecule has 1 aromatic carbocycles. The van der Waals surface area contributed by atoms with E-state index in [0.29, 0.717) is 11.3 Å². The molecule has 1 saturated carbocycles. The predicted octanol–water partition coefficient (Wildman–Crippen LogP) is 4.38. The van der Waals surface area contributed by atoms with Gasteiger partial charge >= 0.3 is 0 Å². The SMILES string of the molecule is CCCC1CCC(N)C(Sc2ccccc2C)C1. The molecule has 0 aliphatic heterocycles. The van der Waals surface area contributed by atoms with Gasteiger partial charge in [0.25, 0.3) is 0 Å². The quantitative estimate of drug-likeness (QED) is 0.872. The molecule has 0 heterocycles. The number of thioether (sulfide) groups is 1. The lowest BCUT2D eigenvalue weighted by atomic mass is 9.83. The van der Waals surface area contributed by atoms with Crippen molar-refractivity contribution in [2.45, 2.75) is 62.1 Å². The van der Waals surface area contributed by atoms with Crippen molar-refractivity contribution < 1.29 is 0 Å². The highest BCUT2D eigenvalue weighted by molar-refractivity contribution is 8.00. The van der Waals surface area contributed by atoms with Crippen molar-refractivity contribution in [2.75, 3.05) is 0 Å². The van der Waals surface area contributed by atoms with Crippen LogP contribution >= 0.6 is 11.8 Å². The number of benzene rings is 1. The van der Waals surface area contributed by atoms with Crippen LogP contribution in [0.15, 0.2) is 29.2 Å². The van der Waals surface area contributed by atoms with Crippen molar-refractivity contribution in [1.82, 2.24) is 0 Å². The summed E-state index contributed by atoms with van der Waals surface area (Å²) in [6.07, 6.45) is 6.52. The maximum absolute atomic E-state index is 6.31. The van der Waals surface area contributed by atoms with Crippen LogP contribution in [-0.4, -0.2) is 11.3 Å². The Labute approximate surface area is 116 Å². The van der Waals surface area contributed by atoms with E-state index >= 15 is 0 Å². The Morgan fingerprint density at radius 1 is 1.28 bits per heavy atom. The Morgan fingerprint density at radius 2 is 2.06 bits per heavy atom. The Morgan fingerprint density at radius 3 is 2.78 bits per heavy atom. The summed E-state index contributed by atoms with van der Waals surface area (Å²) < 4.78 is 0. The van der Waals surface area contributed by atoms with Crippen LogP contribution in [0, 0.1) is 12.8 Å². The van der Waals surface area contributed by atoms with Crippen molar-refractivity contribution in [3.8, 4) is 0 Å². The average molecular weight is 263 g/mol. The van der Waals surface area contributed by atoms with Gasteiger partial charge in [0.1, 0.15) is 0 Å². The maximum Gasteiger partial charge on any atom is 0.0249 e. The maximum atomic E-state index is 6.31. The first-order valence-electron chi connectivity index (χ1n) is 7.18. The van der Waals surface area contributed by atoms with E-state index < -0.39 is 0 Å². The molecule has 1 fully saturated rings. The fourth-order valence-electron chi connectivity index (χ4n) is 2.89. The first-order valence-corrected chi connectivity index (χ1v) is 8.06. The molecular formula is C16H25NS. The fraction of sp³-hybridized carbons (Fsp3) is 0.625. The molecule has 0 saturated heterocycles. The van der Waals surface area contributed by atoms with Gasteiger partial charge in [-0.3, -0.25) is 0 Å². The van der Waals surface area contributed by atoms with E-state index in [1.54, 1.807) is 0 Å². The van der Waals surface area contributed by atoms with Crippen molar-refractivity contribution in [3.05, 3.63) is 29.8 Å². The minimum atomic E-state index is 0.378. The zero-order chi connectivity index (χ0) is 13.0. The first kappa shape index (κ1) is 14.0. The van der Waals surface area contributed by atoms with Gasteiger partial charge in [-0.2, -0.15) is 0 Å². The van der Waals surface area contributed by atoms with E-state index in [9.17, 15) is 0 Å². The third-order valence-corrected chi connectivity index (χ3v) is 5.58. The molecule has 1 aliphatic carbocycles. The summed E-state index contributed by atoms with van der Waals surface area (Å²) in [5.74, 6) is 0.899. The van der Waals surface area contributed by atoms with Gasteiger partial charge in [0.2, 0.25) is 0 Å². The highest BCUT2D eigenvalue weighted by Crippen LogP contribution is 2.38. The minimum Gasteiger partial charge on any atom is -0.327 e. The zero-order valence-electron chi connectivity index (χ0n) is 11.6. The molecule has 3 unspecified atom stereocenters. The Kier molecular flexibility index (Phi) is 5.13. The molecule has 0 radical (unpaired) electrons. The van der Waals surface area contributed by atoms with Crippen molar-refractivity contribution in [1.29, 1.82) is 0 Å². The van der Waals surface area contributed by atoms with Crippen molar-refractivity contribution >= 4 is 11.8 Å². The number of hydrogen-bond donors (Lipinski definition) is 1. The molecule has 2 N–H and O–H groups in total. The minimum absolute atomic E-state index is 0.378. The second-order valence-electron chi connectivity index (χ2n) is 5.55. The molecule has 100 valence electrons. The van der Waals surface area contributed by atoms with Crippen LogP contribution in [0.2, 0.25) is 0 Å². The summed E-state index contributed by atoms with van der Waals surface area (Å²) >= 11 is 2.00. The lowest BCUT2D eigenvalue weighted by Crippen LogP contribution is -2.38. The van der Waals surface area contributed by atoms with E-state index in [0.717, 1.165) is 5.92 Å². The van der Waals surface area contributed by atoms with Gasteiger partial charge in [0.05, 0.1) is 0 Å². The largest absolute Gasteiger partial charge is 0.327 e. The monoisotopic (exact) mass is 263 g/mol. The summed E-state index contributed by atoms with van der Waals surface area (Å²) in [6, 6.07) is 9.05. The Balaban J connectivity index is 2.00. The topological polar surface area (TPSA) is 26.0 Å². The van der Waals surface area contributed by atoms with Crippen LogP contribution in [-0.2, 0) is 0 Å². The second kappa shape index (κ2) is 6.63. The summed E-state index contributed by atoms with van der Waals surface area (Å²) in [7, 11) is 0. The van der Waals surface area contributed by atoms with Crippen molar-refractivity contribution in [2.24, 2.45) is 11.7 Å². The molecular weight excluding hydrogens is 238 g/mol. The first-order chi connectivity index (χ1) is 8.70. The number of nitrogens with two attached hydrogens (primary N) is 1. The molecule has 2 rings (SSSR count). The van der Waals surface area contributed by atoms with Crippen LogP contribution in [0.1, 0.15) is 44.6 Å². The molecule has 0 amide bonds. The number of aryl methyl sites for hydroxylation is 1. The lowest BCUT2D eigenvalue weighted by Gasteiger charge is -2.34. The van der Waals surface area contributed by atoms with E-state index in [1.165, 1.54) is 42.6 Å². The van der Waals surface area contributed by atoms with Crippen LogP contribution < -0.4 is 5.73 Å². The van der Waals surface area contributed by atoms with Crippen LogP contribution in [0.3, 0.4) is 0 Å². The van der Waals surface area contributed by atoms with Crippen LogP contribution in [0.4, 0.5) is 0 Å². The normalized spacial score (nSPS) is 28.3. The van der Waals surface area contributed by atoms with E-state index in [2.05, 4.69) is 38.1 Å². The number of rotatable bonds is 4. The molecule has 2 heteroatoms. The molecule has 0 bridgehead atoms. The second-order valence-corrected chi connectivity index (χ2v) is 6.83. The fourth-order valence-corrected chi connectivity index (χ4v) is 4.31. The predicted molar refractivity (Wildman–Crippen MR) is 81.0 cm³/mol. The molecule has 1 aromatic rings. The Bertz CT molecular complexity index is 377. The summed E-state index contributed by atoms with van der Waals surface area (Å²) in [6.45, 7) is 4.48. The average Bonchev–Trinajstić information content (AvgIpc) is 2.36. The van der Waals surface area contributed by atoms with Crippen LogP contribution in [0.25, 0.3) is 0 Å². The highest BCUT2D eigenvalue weighted by Gasteiger charge is 2.28. The molecule has 1 nitrogen and oxygen atoms in total.